The van der Waals surface area contributed by atoms with Gasteiger partial charge in [0.2, 0.25) is 5.91 Å². The molecule has 10 heteroatoms. The van der Waals surface area contributed by atoms with Crippen molar-refractivity contribution in [2.45, 2.75) is 17.4 Å². The van der Waals surface area contributed by atoms with Crippen LogP contribution < -0.4 is 14.8 Å². The lowest BCUT2D eigenvalue weighted by Crippen LogP contribution is -2.57. The quantitative estimate of drug-likeness (QED) is 0.524. The number of β-lactam (4-membered cyclic amide) rings is 1. The zero-order chi connectivity index (χ0) is 17.0. The topological polar surface area (TPSA) is 111 Å². The summed E-state index contributed by atoms with van der Waals surface area (Å²) in [6.07, 6.45) is -0.0475. The summed E-state index contributed by atoms with van der Waals surface area (Å²) in [6, 6.07) is 3.19. The van der Waals surface area contributed by atoms with Crippen LogP contribution in [0.4, 0.5) is 0 Å². The maximum absolute atomic E-state index is 12.4. The molecule has 1 atom stereocenters. The summed E-state index contributed by atoms with van der Waals surface area (Å²) >= 11 is 5.83. The molecule has 1 saturated heterocycles. The second-order valence-corrected chi connectivity index (χ2v) is 6.81. The van der Waals surface area contributed by atoms with Crippen molar-refractivity contribution in [1.82, 2.24) is 10.0 Å². The predicted molar refractivity (Wildman–Crippen MR) is 80.7 cm³/mol. The smallest absolute Gasteiger partial charge is 0.267 e. The molecule has 0 radical (unpaired) electrons. The molecule has 8 nitrogen and oxygen atoms in total. The highest BCUT2D eigenvalue weighted by Crippen LogP contribution is 2.27. The van der Waals surface area contributed by atoms with Gasteiger partial charge in [-0.3, -0.25) is 9.59 Å². The fraction of sp³-hybridized carbons (Fsp3) is 0.385. The monoisotopic (exact) mass is 362 g/mol. The predicted octanol–water partition coefficient (Wildman–Crippen LogP) is 0.0586. The van der Waals surface area contributed by atoms with Gasteiger partial charge in [0.1, 0.15) is 23.3 Å². The summed E-state index contributed by atoms with van der Waals surface area (Å²) in [6.45, 7) is 0.399. The molecule has 1 fully saturated rings. The highest BCUT2D eigenvalue weighted by atomic mass is 35.5. The van der Waals surface area contributed by atoms with E-state index in [0.29, 0.717) is 0 Å². The molecule has 2 amide bonds. The minimum atomic E-state index is -4.19. The van der Waals surface area contributed by atoms with Gasteiger partial charge in [-0.25, -0.2) is 13.1 Å². The number of hydrogen-bond donors (Lipinski definition) is 2. The zero-order valence-electron chi connectivity index (χ0n) is 12.2. The normalized spacial score (nSPS) is 17.1. The summed E-state index contributed by atoms with van der Waals surface area (Å²) in [5.74, 6) is -1.08. The molecule has 0 saturated carbocycles. The van der Waals surface area contributed by atoms with E-state index in [1.807, 2.05) is 4.72 Å². The Labute approximate surface area is 138 Å². The largest absolute Gasteiger partial charge is 0.490 e. The SMILES string of the molecule is COCCOc1ccc(Cl)cc1S(=O)(=O)NC(=O)[C@H]1CC(=O)N1. The number of carbonyl (C=O) groups is 2. The molecule has 2 rings (SSSR count). The average Bonchev–Trinajstić information content (AvgIpc) is 2.45. The van der Waals surface area contributed by atoms with Crippen molar-refractivity contribution in [2.24, 2.45) is 0 Å². The first kappa shape index (κ1) is 17.5. The number of ether oxygens (including phenoxy) is 2. The number of nitrogens with one attached hydrogen (secondary N) is 2. The average molecular weight is 363 g/mol. The van der Waals surface area contributed by atoms with E-state index in [0.717, 1.165) is 0 Å². The fourth-order valence-corrected chi connectivity index (χ4v) is 3.25. The first-order valence-corrected chi connectivity index (χ1v) is 8.47. The van der Waals surface area contributed by atoms with Crippen LogP contribution in [0.3, 0.4) is 0 Å². The second kappa shape index (κ2) is 7.16. The molecule has 0 aliphatic carbocycles. The Bertz CT molecular complexity index is 713. The van der Waals surface area contributed by atoms with Crippen molar-refractivity contribution in [1.29, 1.82) is 0 Å². The maximum Gasteiger partial charge on any atom is 0.267 e. The summed E-state index contributed by atoms with van der Waals surface area (Å²) in [7, 11) is -2.71. The van der Waals surface area contributed by atoms with Gasteiger partial charge < -0.3 is 14.8 Å². The maximum atomic E-state index is 12.4. The number of sulfonamides is 1. The van der Waals surface area contributed by atoms with Crippen molar-refractivity contribution < 1.29 is 27.5 Å². The summed E-state index contributed by atoms with van der Waals surface area (Å²) in [5, 5.41) is 2.47. The van der Waals surface area contributed by atoms with E-state index in [4.69, 9.17) is 21.1 Å². The Balaban J connectivity index is 2.18. The van der Waals surface area contributed by atoms with Crippen molar-refractivity contribution in [3.63, 3.8) is 0 Å². The van der Waals surface area contributed by atoms with Crippen LogP contribution >= 0.6 is 11.6 Å². The number of benzene rings is 1. The van der Waals surface area contributed by atoms with E-state index in [9.17, 15) is 18.0 Å². The highest BCUT2D eigenvalue weighted by molar-refractivity contribution is 7.90. The molecule has 0 spiro atoms. The van der Waals surface area contributed by atoms with Crippen LogP contribution in [0.2, 0.25) is 5.02 Å². The third-order valence-electron chi connectivity index (χ3n) is 3.02. The Kier molecular flexibility index (Phi) is 5.45. The number of methoxy groups -OCH3 is 1. The zero-order valence-corrected chi connectivity index (χ0v) is 13.7. The number of rotatable bonds is 7. The summed E-state index contributed by atoms with van der Waals surface area (Å²) in [4.78, 5) is 22.4. The Morgan fingerprint density at radius 1 is 1.43 bits per heavy atom. The van der Waals surface area contributed by atoms with Crippen molar-refractivity contribution in [3.8, 4) is 5.75 Å². The second-order valence-electron chi connectivity index (χ2n) is 4.73. The molecule has 23 heavy (non-hydrogen) atoms. The Hall–Kier alpha value is -1.84. The highest BCUT2D eigenvalue weighted by Gasteiger charge is 2.35. The minimum Gasteiger partial charge on any atom is -0.490 e. The molecule has 1 aliphatic heterocycles. The minimum absolute atomic E-state index is 0.0457. The molecule has 0 bridgehead atoms. The van der Waals surface area contributed by atoms with Crippen molar-refractivity contribution >= 4 is 33.4 Å². The van der Waals surface area contributed by atoms with Crippen LogP contribution in [0.1, 0.15) is 6.42 Å². The van der Waals surface area contributed by atoms with Gasteiger partial charge >= 0.3 is 0 Å². The Morgan fingerprint density at radius 3 is 2.74 bits per heavy atom. The molecule has 0 unspecified atom stereocenters. The lowest BCUT2D eigenvalue weighted by Gasteiger charge is -2.25. The van der Waals surface area contributed by atoms with Crippen LogP contribution in [0, 0.1) is 0 Å². The van der Waals surface area contributed by atoms with Crippen LogP contribution in [-0.2, 0) is 24.3 Å². The molecule has 2 N–H and O–H groups in total. The molecule has 0 aromatic heterocycles. The molecular weight excluding hydrogens is 348 g/mol. The van der Waals surface area contributed by atoms with E-state index >= 15 is 0 Å². The van der Waals surface area contributed by atoms with E-state index < -0.39 is 22.0 Å². The van der Waals surface area contributed by atoms with Gasteiger partial charge in [-0.1, -0.05) is 11.6 Å². The number of carbonyl (C=O) groups excluding carboxylic acids is 2. The van der Waals surface area contributed by atoms with Crippen molar-refractivity contribution in [3.05, 3.63) is 23.2 Å². The van der Waals surface area contributed by atoms with E-state index in [2.05, 4.69) is 5.32 Å². The fourth-order valence-electron chi connectivity index (χ4n) is 1.82. The van der Waals surface area contributed by atoms with Crippen LogP contribution in [0.15, 0.2) is 23.1 Å². The summed E-state index contributed by atoms with van der Waals surface area (Å²) in [5.41, 5.74) is 0. The van der Waals surface area contributed by atoms with Gasteiger partial charge in [-0.05, 0) is 18.2 Å². The molecule has 1 heterocycles. The number of halogens is 1. The first-order chi connectivity index (χ1) is 10.8. The van der Waals surface area contributed by atoms with Gasteiger partial charge in [0, 0.05) is 12.1 Å². The van der Waals surface area contributed by atoms with Gasteiger partial charge in [-0.2, -0.15) is 0 Å². The molecular formula is C13H15ClN2O6S. The number of amides is 2. The molecule has 1 aromatic carbocycles. The van der Waals surface area contributed by atoms with E-state index in [1.54, 1.807) is 0 Å². The van der Waals surface area contributed by atoms with E-state index in [1.165, 1.54) is 25.3 Å². The van der Waals surface area contributed by atoms with Gasteiger partial charge in [0.05, 0.1) is 13.0 Å². The molecule has 1 aromatic rings. The standard InChI is InChI=1S/C13H15ClN2O6S/c1-21-4-5-22-10-3-2-8(14)6-11(10)23(19,20)16-13(18)9-7-12(17)15-9/h2-3,6,9H,4-5,7H2,1H3,(H,15,17)(H,16,18)/t9-/m1/s1. The van der Waals surface area contributed by atoms with Gasteiger partial charge in [0.25, 0.3) is 15.9 Å². The molecule has 126 valence electrons. The van der Waals surface area contributed by atoms with Crippen LogP contribution in [0.25, 0.3) is 0 Å². The Morgan fingerprint density at radius 2 is 2.13 bits per heavy atom. The summed E-state index contributed by atoms with van der Waals surface area (Å²) < 4.78 is 36.8. The first-order valence-electron chi connectivity index (χ1n) is 6.61. The van der Waals surface area contributed by atoms with Gasteiger partial charge in [-0.15, -0.1) is 0 Å². The lowest BCUT2D eigenvalue weighted by atomic mass is 10.1. The third-order valence-corrected chi connectivity index (χ3v) is 4.62. The lowest BCUT2D eigenvalue weighted by molar-refractivity contribution is -0.136. The molecule has 1 aliphatic rings. The van der Waals surface area contributed by atoms with Crippen molar-refractivity contribution in [2.75, 3.05) is 20.3 Å². The van der Waals surface area contributed by atoms with Gasteiger partial charge in [0.15, 0.2) is 0 Å². The van der Waals surface area contributed by atoms with Crippen LogP contribution in [0.5, 0.6) is 5.75 Å². The van der Waals surface area contributed by atoms with Crippen LogP contribution in [-0.4, -0.2) is 46.6 Å². The third kappa shape index (κ3) is 4.34. The van der Waals surface area contributed by atoms with E-state index in [-0.39, 0.29) is 41.2 Å². The number of hydrogen-bond acceptors (Lipinski definition) is 6.